The largest absolute Gasteiger partial charge is 0.504 e. The molecule has 5 aliphatic heterocycles. The number of hydrogen-bond donors (Lipinski definition) is 3. The molecule has 4 atom stereocenters. The number of aromatic hydroxyl groups is 1. The van der Waals surface area contributed by atoms with E-state index in [1.165, 1.54) is 32.2 Å². The fourth-order valence-electron chi connectivity index (χ4n) is 8.51. The van der Waals surface area contributed by atoms with Gasteiger partial charge < -0.3 is 34.5 Å². The Hall–Kier alpha value is -4.79. The lowest BCUT2D eigenvalue weighted by Crippen LogP contribution is -2.69. The monoisotopic (exact) mass is 709 g/mol. The molecule has 8 rings (SSSR count). The number of likely N-dealkylation sites (N-methyl/N-ethyl adjacent to an activating group) is 1. The van der Waals surface area contributed by atoms with Crippen LogP contribution in [0.25, 0.3) is 6.08 Å². The Morgan fingerprint density at radius 3 is 2.59 bits per heavy atom. The van der Waals surface area contributed by atoms with Gasteiger partial charge in [0.1, 0.15) is 11.5 Å². The summed E-state index contributed by atoms with van der Waals surface area (Å²) in [6.07, 6.45) is -1.69. The number of carbonyl (C=O) groups is 2. The minimum atomic E-state index is -4.53. The molecule has 1 saturated heterocycles. The number of nitrogens with zero attached hydrogens (tertiary/aromatic N) is 2. The average molecular weight is 710 g/mol. The summed E-state index contributed by atoms with van der Waals surface area (Å²) in [6, 6.07) is 4.79. The summed E-state index contributed by atoms with van der Waals surface area (Å²) in [5.41, 5.74) is 1.68. The van der Waals surface area contributed by atoms with Crippen LogP contribution in [0.2, 0.25) is 0 Å². The summed E-state index contributed by atoms with van der Waals surface area (Å²) in [5, 5.41) is 27.3. The number of methoxy groups -OCH3 is 1. The number of phenols is 1. The van der Waals surface area contributed by atoms with E-state index in [0.29, 0.717) is 50.8 Å². The molecule has 0 saturated carbocycles. The Balaban J connectivity index is 1.34. The zero-order valence-electron chi connectivity index (χ0n) is 28.7. The molecule has 270 valence electrons. The van der Waals surface area contributed by atoms with Gasteiger partial charge >= 0.3 is 12.1 Å². The summed E-state index contributed by atoms with van der Waals surface area (Å²) in [7, 11) is 3.36. The molecule has 3 N–H and O–H groups in total. The van der Waals surface area contributed by atoms with Crippen molar-refractivity contribution in [1.29, 1.82) is 0 Å². The van der Waals surface area contributed by atoms with Crippen molar-refractivity contribution in [2.45, 2.75) is 63.6 Å². The Morgan fingerprint density at radius 2 is 1.88 bits per heavy atom. The Morgan fingerprint density at radius 1 is 1.14 bits per heavy atom. The number of alkyl halides is 3. The number of rotatable bonds is 6. The van der Waals surface area contributed by atoms with Gasteiger partial charge in [-0.2, -0.15) is 13.2 Å². The molecule has 0 radical (unpaired) electrons. The summed E-state index contributed by atoms with van der Waals surface area (Å²) in [5.74, 6) is 0.268. The summed E-state index contributed by atoms with van der Waals surface area (Å²) in [4.78, 5) is 29.7. The molecule has 0 aliphatic carbocycles. The average Bonchev–Trinajstić information content (AvgIpc) is 3.47. The first-order valence-corrected chi connectivity index (χ1v) is 16.5. The fraction of sp³-hybridized carbons (Fsp3) is 0.405. The van der Waals surface area contributed by atoms with E-state index in [9.17, 15) is 33.0 Å². The molecular formula is C37H38F3N3O8. The van der Waals surface area contributed by atoms with Gasteiger partial charge in [-0.05, 0) is 62.2 Å². The van der Waals surface area contributed by atoms with Gasteiger partial charge in [-0.25, -0.2) is 0 Å². The molecule has 14 heteroatoms. The quantitative estimate of drug-likeness (QED) is 0.188. The number of nitrogens with one attached hydrogen (secondary N) is 1. The first kappa shape index (κ1) is 34.6. The van der Waals surface area contributed by atoms with E-state index in [0.717, 1.165) is 23.8 Å². The maximum atomic E-state index is 13.3. The topological polar surface area (TPSA) is 130 Å². The summed E-state index contributed by atoms with van der Waals surface area (Å²) < 4.78 is 63.2. The normalized spacial score (nSPS) is 23.7. The van der Waals surface area contributed by atoms with E-state index < -0.39 is 47.5 Å². The highest BCUT2D eigenvalue weighted by atomic mass is 19.4. The predicted molar refractivity (Wildman–Crippen MR) is 178 cm³/mol. The van der Waals surface area contributed by atoms with Crippen molar-refractivity contribution in [3.8, 4) is 28.7 Å². The molecule has 0 unspecified atom stereocenters. The molecule has 5 heterocycles. The molecule has 0 spiro atoms. The van der Waals surface area contributed by atoms with Gasteiger partial charge in [0, 0.05) is 60.8 Å². The predicted octanol–water partition coefficient (Wildman–Crippen LogP) is 4.72. The van der Waals surface area contributed by atoms with Gasteiger partial charge in [-0.15, -0.1) is 0 Å². The lowest BCUT2D eigenvalue weighted by Gasteiger charge is -2.58. The van der Waals surface area contributed by atoms with Crippen LogP contribution in [0.15, 0.2) is 36.4 Å². The van der Waals surface area contributed by atoms with Crippen molar-refractivity contribution in [1.82, 2.24) is 15.1 Å². The fourth-order valence-corrected chi connectivity index (χ4v) is 8.51. The second-order valence-electron chi connectivity index (χ2n) is 13.6. The first-order valence-electron chi connectivity index (χ1n) is 16.5. The van der Waals surface area contributed by atoms with Gasteiger partial charge in [-0.3, -0.25) is 19.4 Å². The van der Waals surface area contributed by atoms with Crippen LogP contribution in [0.5, 0.6) is 28.7 Å². The highest BCUT2D eigenvalue weighted by molar-refractivity contribution is 5.91. The van der Waals surface area contributed by atoms with Gasteiger partial charge in [0.2, 0.25) is 12.7 Å². The number of aryl methyl sites for hydroxylation is 1. The van der Waals surface area contributed by atoms with Crippen molar-refractivity contribution in [2.75, 3.05) is 34.0 Å². The van der Waals surface area contributed by atoms with Gasteiger partial charge in [0.15, 0.2) is 23.0 Å². The van der Waals surface area contributed by atoms with Gasteiger partial charge in [-0.1, -0.05) is 18.2 Å². The van der Waals surface area contributed by atoms with Crippen LogP contribution in [0.1, 0.15) is 63.5 Å². The first-order chi connectivity index (χ1) is 24.1. The second kappa shape index (κ2) is 12.5. The van der Waals surface area contributed by atoms with Crippen molar-refractivity contribution in [3.63, 3.8) is 0 Å². The number of phenolic OH excluding ortho intramolecular Hbond substituents is 1. The highest BCUT2D eigenvalue weighted by Crippen LogP contribution is 2.59. The third-order valence-corrected chi connectivity index (χ3v) is 10.3. The number of aliphatic hydroxyl groups is 1. The Bertz CT molecular complexity index is 1980. The smallest absolute Gasteiger partial charge is 0.416 e. The van der Waals surface area contributed by atoms with Crippen LogP contribution >= 0.6 is 0 Å². The third-order valence-electron chi connectivity index (χ3n) is 10.3. The Labute approximate surface area is 292 Å². The molecule has 0 aromatic heterocycles. The molecule has 2 bridgehead atoms. The number of hydrogen-bond acceptors (Lipinski definition) is 10. The van der Waals surface area contributed by atoms with E-state index in [4.69, 9.17) is 18.9 Å². The van der Waals surface area contributed by atoms with E-state index in [1.54, 1.807) is 6.92 Å². The molecular weight excluding hydrogens is 671 g/mol. The SMILES string of the molecule is COc1c(C)cc2c(c1O)[C@@H]1[C@@H]3Cc4c(OC(C)=O)c(C)c5c(c4[C@H](CNC(=O)/C=C/c4cccc(C(F)(F)F)c4)N3[C@](O)(C2)CN1C)OCO5. The number of piperazine rings is 1. The number of carbonyl (C=O) groups excluding carboxylic acids is 2. The van der Waals surface area contributed by atoms with Crippen molar-refractivity contribution in [3.05, 3.63) is 80.9 Å². The maximum Gasteiger partial charge on any atom is 0.416 e. The van der Waals surface area contributed by atoms with Crippen molar-refractivity contribution < 1.29 is 51.9 Å². The second-order valence-corrected chi connectivity index (χ2v) is 13.6. The zero-order valence-corrected chi connectivity index (χ0v) is 28.7. The lowest BCUT2D eigenvalue weighted by atomic mass is 9.78. The number of halogens is 3. The van der Waals surface area contributed by atoms with Crippen LogP contribution in [0, 0.1) is 13.8 Å². The minimum absolute atomic E-state index is 0.0205. The number of ether oxygens (including phenoxy) is 4. The highest BCUT2D eigenvalue weighted by Gasteiger charge is 2.59. The maximum absolute atomic E-state index is 13.3. The van der Waals surface area contributed by atoms with Crippen LogP contribution in [0.4, 0.5) is 13.2 Å². The molecule has 3 aromatic rings. The molecule has 3 aromatic carbocycles. The third kappa shape index (κ3) is 5.75. The number of benzene rings is 3. The minimum Gasteiger partial charge on any atom is -0.504 e. The zero-order chi connectivity index (χ0) is 36.6. The molecule has 1 fully saturated rings. The lowest BCUT2D eigenvalue weighted by molar-refractivity contribution is -0.205. The van der Waals surface area contributed by atoms with E-state index in [1.807, 2.05) is 29.8 Å². The van der Waals surface area contributed by atoms with Crippen LogP contribution in [-0.4, -0.2) is 77.7 Å². The summed E-state index contributed by atoms with van der Waals surface area (Å²) >= 11 is 0. The summed E-state index contributed by atoms with van der Waals surface area (Å²) in [6.45, 7) is 4.90. The molecule has 5 aliphatic rings. The number of fused-ring (bicyclic) bond motifs is 4. The van der Waals surface area contributed by atoms with Gasteiger partial charge in [0.25, 0.3) is 0 Å². The molecule has 1 amide bonds. The van der Waals surface area contributed by atoms with Crippen molar-refractivity contribution in [2.24, 2.45) is 0 Å². The van der Waals surface area contributed by atoms with E-state index in [2.05, 4.69) is 5.32 Å². The van der Waals surface area contributed by atoms with E-state index in [-0.39, 0.29) is 44.0 Å². The standard InChI is InChI=1S/C37H38F3N3O8/c1-18-11-22-14-36(47)16-42(4)30(28(22)31(46)32(18)48-5)25-13-24-29(35-34(49-17-50-35)19(2)33(24)51-20(3)44)26(43(25)36)15-41-27(45)10-9-21-7-6-8-23(12-21)37(38,39)40/h6-12,25-26,30,46-47H,13-17H2,1-5H3,(H,41,45)/b10-9+/t25-,26-,30-,36-/m0/s1. The van der Waals surface area contributed by atoms with Crippen LogP contribution in [-0.2, 0) is 28.6 Å². The molecule has 11 nitrogen and oxygen atoms in total. The van der Waals surface area contributed by atoms with Crippen molar-refractivity contribution >= 4 is 18.0 Å². The van der Waals surface area contributed by atoms with E-state index >= 15 is 0 Å². The van der Waals surface area contributed by atoms with Crippen LogP contribution < -0.4 is 24.3 Å². The van der Waals surface area contributed by atoms with Gasteiger partial charge in [0.05, 0.1) is 24.8 Å². The number of amides is 1. The molecule has 51 heavy (non-hydrogen) atoms. The number of esters is 1. The van der Waals surface area contributed by atoms with Crippen LogP contribution in [0.3, 0.4) is 0 Å². The Kier molecular flexibility index (Phi) is 8.47.